The summed E-state index contributed by atoms with van der Waals surface area (Å²) in [7, 11) is 0. The first-order valence-corrected chi connectivity index (χ1v) is 12.5. The van der Waals surface area contributed by atoms with E-state index in [2.05, 4.69) is 56.2 Å². The fraction of sp³-hybridized carbons (Fsp3) is 0.708. The lowest BCUT2D eigenvalue weighted by Crippen LogP contribution is -2.52. The number of benzene rings is 1. The first-order valence-electron chi connectivity index (χ1n) is 11.7. The molecule has 1 aromatic carbocycles. The molecule has 4 nitrogen and oxygen atoms in total. The van der Waals surface area contributed by atoms with Gasteiger partial charge in [-0.3, -0.25) is 9.69 Å². The first kappa shape index (κ1) is 21.3. The predicted molar refractivity (Wildman–Crippen MR) is 122 cm³/mol. The van der Waals surface area contributed by atoms with Gasteiger partial charge in [-0.25, -0.2) is 0 Å². The second kappa shape index (κ2) is 9.93. The van der Waals surface area contributed by atoms with E-state index in [9.17, 15) is 4.79 Å². The van der Waals surface area contributed by atoms with Crippen molar-refractivity contribution in [2.24, 2.45) is 5.92 Å². The monoisotopic (exact) mass is 461 g/mol. The number of halogens is 1. The first-order chi connectivity index (χ1) is 14.2. The quantitative estimate of drug-likeness (QED) is 0.719. The van der Waals surface area contributed by atoms with Gasteiger partial charge < -0.3 is 10.2 Å². The van der Waals surface area contributed by atoms with Gasteiger partial charge in [0.05, 0.1) is 0 Å². The molecule has 5 heteroatoms. The van der Waals surface area contributed by atoms with E-state index in [0.717, 1.165) is 51.9 Å². The fourth-order valence-corrected chi connectivity index (χ4v) is 6.06. The number of hydrogen-bond acceptors (Lipinski definition) is 3. The number of nitrogens with one attached hydrogen (secondary N) is 1. The SMILES string of the molecule is CCCN(C1CCN(C(=O)C2CCNCC2)CC1)C1CCc2ccc(Br)cc2C1. The molecule has 4 rings (SSSR count). The number of amides is 1. The van der Waals surface area contributed by atoms with Gasteiger partial charge in [0.1, 0.15) is 0 Å². The van der Waals surface area contributed by atoms with Crippen molar-refractivity contribution in [2.45, 2.75) is 70.4 Å². The summed E-state index contributed by atoms with van der Waals surface area (Å²) in [5, 5.41) is 3.38. The molecular formula is C24H36BrN3O. The second-order valence-corrected chi connectivity index (χ2v) is 10.0. The summed E-state index contributed by atoms with van der Waals surface area (Å²) in [5.41, 5.74) is 3.05. The Hall–Kier alpha value is -0.910. The number of nitrogens with zero attached hydrogens (tertiary/aromatic N) is 2. The number of fused-ring (bicyclic) bond motifs is 1. The van der Waals surface area contributed by atoms with Gasteiger partial charge >= 0.3 is 0 Å². The minimum Gasteiger partial charge on any atom is -0.342 e. The van der Waals surface area contributed by atoms with Crippen molar-refractivity contribution in [3.8, 4) is 0 Å². The third-order valence-electron chi connectivity index (χ3n) is 7.26. The van der Waals surface area contributed by atoms with Crippen molar-refractivity contribution in [3.63, 3.8) is 0 Å². The van der Waals surface area contributed by atoms with Crippen LogP contribution < -0.4 is 5.32 Å². The van der Waals surface area contributed by atoms with Crippen LogP contribution in [-0.2, 0) is 17.6 Å². The van der Waals surface area contributed by atoms with Crippen molar-refractivity contribution in [2.75, 3.05) is 32.7 Å². The Kier molecular flexibility index (Phi) is 7.30. The third-order valence-corrected chi connectivity index (χ3v) is 7.75. The Morgan fingerprint density at radius 2 is 1.86 bits per heavy atom. The van der Waals surface area contributed by atoms with Crippen LogP contribution in [0.5, 0.6) is 0 Å². The zero-order valence-electron chi connectivity index (χ0n) is 17.8. The molecule has 2 heterocycles. The maximum Gasteiger partial charge on any atom is 0.225 e. The zero-order chi connectivity index (χ0) is 20.2. The average molecular weight is 462 g/mol. The van der Waals surface area contributed by atoms with Crippen LogP contribution >= 0.6 is 15.9 Å². The summed E-state index contributed by atoms with van der Waals surface area (Å²) in [6, 6.07) is 8.08. The Balaban J connectivity index is 1.37. The number of hydrogen-bond donors (Lipinski definition) is 1. The summed E-state index contributed by atoms with van der Waals surface area (Å²) < 4.78 is 1.20. The molecule has 1 amide bonds. The maximum absolute atomic E-state index is 12.9. The van der Waals surface area contributed by atoms with E-state index in [0.29, 0.717) is 18.0 Å². The lowest BCUT2D eigenvalue weighted by atomic mass is 9.86. The molecule has 2 saturated heterocycles. The van der Waals surface area contributed by atoms with Gasteiger partial charge in [0, 0.05) is 35.6 Å². The van der Waals surface area contributed by atoms with Crippen LogP contribution in [0.25, 0.3) is 0 Å². The van der Waals surface area contributed by atoms with Crippen molar-refractivity contribution in [1.82, 2.24) is 15.1 Å². The van der Waals surface area contributed by atoms with Gasteiger partial charge in [-0.15, -0.1) is 0 Å². The highest BCUT2D eigenvalue weighted by Gasteiger charge is 2.34. The maximum atomic E-state index is 12.9. The number of carbonyl (C=O) groups excluding carboxylic acids is 1. The average Bonchev–Trinajstić information content (AvgIpc) is 2.77. The summed E-state index contributed by atoms with van der Waals surface area (Å²) in [4.78, 5) is 17.9. The van der Waals surface area contributed by atoms with E-state index in [1.54, 1.807) is 0 Å². The second-order valence-electron chi connectivity index (χ2n) is 9.13. The summed E-state index contributed by atoms with van der Waals surface area (Å²) in [5.74, 6) is 0.677. The van der Waals surface area contributed by atoms with Crippen molar-refractivity contribution in [1.29, 1.82) is 0 Å². The van der Waals surface area contributed by atoms with E-state index in [1.807, 2.05) is 0 Å². The molecule has 0 spiro atoms. The van der Waals surface area contributed by atoms with E-state index in [-0.39, 0.29) is 5.92 Å². The van der Waals surface area contributed by atoms with Gasteiger partial charge in [-0.05, 0) is 94.3 Å². The molecule has 0 aromatic heterocycles. The summed E-state index contributed by atoms with van der Waals surface area (Å²) in [6.07, 6.45) is 9.13. The highest BCUT2D eigenvalue weighted by atomic mass is 79.9. The number of likely N-dealkylation sites (tertiary alicyclic amines) is 1. The van der Waals surface area contributed by atoms with Crippen LogP contribution in [0.3, 0.4) is 0 Å². The molecule has 2 fully saturated rings. The molecule has 0 radical (unpaired) electrons. The van der Waals surface area contributed by atoms with Crippen LogP contribution in [0, 0.1) is 5.92 Å². The van der Waals surface area contributed by atoms with Gasteiger partial charge in [-0.1, -0.05) is 28.9 Å². The lowest BCUT2D eigenvalue weighted by molar-refractivity contribution is -0.138. The molecule has 29 heavy (non-hydrogen) atoms. The van der Waals surface area contributed by atoms with Crippen molar-refractivity contribution >= 4 is 21.8 Å². The number of rotatable bonds is 5. The molecule has 3 aliphatic rings. The Bertz CT molecular complexity index is 695. The molecule has 1 aromatic rings. The lowest BCUT2D eigenvalue weighted by Gasteiger charge is -2.44. The topological polar surface area (TPSA) is 35.6 Å². The fourth-order valence-electron chi connectivity index (χ4n) is 5.66. The van der Waals surface area contributed by atoms with Crippen molar-refractivity contribution in [3.05, 3.63) is 33.8 Å². The number of aryl methyl sites for hydroxylation is 1. The number of piperidine rings is 2. The summed E-state index contributed by atoms with van der Waals surface area (Å²) in [6.45, 7) is 7.37. The van der Waals surface area contributed by atoms with Crippen LogP contribution in [0.2, 0.25) is 0 Å². The predicted octanol–water partition coefficient (Wildman–Crippen LogP) is 4.01. The Morgan fingerprint density at radius 1 is 1.10 bits per heavy atom. The van der Waals surface area contributed by atoms with Crippen LogP contribution in [0.4, 0.5) is 0 Å². The van der Waals surface area contributed by atoms with Gasteiger partial charge in [0.25, 0.3) is 0 Å². The molecule has 0 saturated carbocycles. The molecular weight excluding hydrogens is 426 g/mol. The van der Waals surface area contributed by atoms with E-state index < -0.39 is 0 Å². The van der Waals surface area contributed by atoms with Crippen LogP contribution in [0.15, 0.2) is 22.7 Å². The standard InChI is InChI=1S/C24H36BrN3O/c1-2-13-28(23-6-4-18-3-5-21(25)16-20(18)17-23)22-9-14-27(15-10-22)24(29)19-7-11-26-12-8-19/h3,5,16,19,22-23,26H,2,4,6-15,17H2,1H3. The molecule has 2 aliphatic heterocycles. The Morgan fingerprint density at radius 3 is 2.59 bits per heavy atom. The minimum absolute atomic E-state index is 0.257. The summed E-state index contributed by atoms with van der Waals surface area (Å²) >= 11 is 3.65. The van der Waals surface area contributed by atoms with E-state index in [4.69, 9.17) is 0 Å². The van der Waals surface area contributed by atoms with Gasteiger partial charge in [0.15, 0.2) is 0 Å². The highest BCUT2D eigenvalue weighted by molar-refractivity contribution is 9.10. The van der Waals surface area contributed by atoms with Gasteiger partial charge in [-0.2, -0.15) is 0 Å². The third kappa shape index (κ3) is 5.05. The van der Waals surface area contributed by atoms with E-state index in [1.165, 1.54) is 47.8 Å². The molecule has 1 N–H and O–H groups in total. The Labute approximate surface area is 184 Å². The molecule has 1 aliphatic carbocycles. The van der Waals surface area contributed by atoms with Crippen molar-refractivity contribution < 1.29 is 4.79 Å². The van der Waals surface area contributed by atoms with Gasteiger partial charge in [0.2, 0.25) is 5.91 Å². The van der Waals surface area contributed by atoms with E-state index >= 15 is 0 Å². The minimum atomic E-state index is 0.257. The zero-order valence-corrected chi connectivity index (χ0v) is 19.4. The van der Waals surface area contributed by atoms with Crippen LogP contribution in [0.1, 0.15) is 56.6 Å². The number of carbonyl (C=O) groups is 1. The largest absolute Gasteiger partial charge is 0.342 e. The highest BCUT2D eigenvalue weighted by Crippen LogP contribution is 2.30. The molecule has 1 atom stereocenters. The smallest absolute Gasteiger partial charge is 0.225 e. The van der Waals surface area contributed by atoms with Crippen LogP contribution in [-0.4, -0.2) is 60.5 Å². The molecule has 0 bridgehead atoms. The normalized spacial score (nSPS) is 24.0. The molecule has 1 unspecified atom stereocenters. The molecule has 160 valence electrons.